The summed E-state index contributed by atoms with van der Waals surface area (Å²) in [6.07, 6.45) is 0. The van der Waals surface area contributed by atoms with Crippen molar-refractivity contribution in [3.05, 3.63) is 63.5 Å². The number of nitrogens with one attached hydrogen (secondary N) is 1. The van der Waals surface area contributed by atoms with Crippen molar-refractivity contribution >= 4 is 40.6 Å². The maximum atomic E-state index is 12.9. The second-order valence-electron chi connectivity index (χ2n) is 6.47. The van der Waals surface area contributed by atoms with E-state index in [4.69, 9.17) is 26.4 Å². The van der Waals surface area contributed by atoms with Crippen LogP contribution in [0.1, 0.15) is 28.2 Å². The molecule has 0 saturated carbocycles. The second kappa shape index (κ2) is 9.84. The minimum Gasteiger partial charge on any atom is -0.460 e. The molecule has 0 bridgehead atoms. The van der Waals surface area contributed by atoms with Crippen molar-refractivity contribution in [1.82, 2.24) is 10.2 Å². The van der Waals surface area contributed by atoms with Crippen LogP contribution in [-0.4, -0.2) is 49.3 Å². The molecule has 1 aromatic carbocycles. The minimum atomic E-state index is -0.629. The van der Waals surface area contributed by atoms with Gasteiger partial charge in [-0.05, 0) is 36.7 Å². The fourth-order valence-corrected chi connectivity index (χ4v) is 3.84. The van der Waals surface area contributed by atoms with E-state index < -0.39 is 18.0 Å². The Balaban J connectivity index is 1.96. The standard InChI is InChI=1S/C21H22N2O5S2/c1-13-17(20(25)27-11-10-26-3)18(22-21(29)23(13)2)14-7-4-5-8-15(14)28-19(24)16-9-6-12-30-16/h4-9,12,18H,10-11H2,1-3H3,(H,22,29)/t18-/m0/s1. The number of hydrogen-bond donors (Lipinski definition) is 1. The van der Waals surface area contributed by atoms with Gasteiger partial charge in [0.2, 0.25) is 0 Å². The molecule has 0 fully saturated rings. The Labute approximate surface area is 184 Å². The molecule has 0 unspecified atom stereocenters. The Morgan fingerprint density at radius 1 is 1.17 bits per heavy atom. The molecule has 1 aliphatic rings. The fraction of sp³-hybridized carbons (Fsp3) is 0.286. The average molecular weight is 447 g/mol. The molecule has 2 heterocycles. The van der Waals surface area contributed by atoms with Gasteiger partial charge in [-0.15, -0.1) is 11.3 Å². The highest BCUT2D eigenvalue weighted by atomic mass is 32.1. The topological polar surface area (TPSA) is 77.1 Å². The molecule has 1 aliphatic heterocycles. The van der Waals surface area contributed by atoms with Crippen LogP contribution in [0.3, 0.4) is 0 Å². The van der Waals surface area contributed by atoms with Gasteiger partial charge in [0.1, 0.15) is 17.2 Å². The molecule has 30 heavy (non-hydrogen) atoms. The molecule has 0 aliphatic carbocycles. The number of thiophene rings is 1. The summed E-state index contributed by atoms with van der Waals surface area (Å²) in [6.45, 7) is 2.22. The summed E-state index contributed by atoms with van der Waals surface area (Å²) in [5, 5.41) is 5.42. The highest BCUT2D eigenvalue weighted by molar-refractivity contribution is 7.80. The summed E-state index contributed by atoms with van der Waals surface area (Å²) in [6, 6.07) is 9.90. The van der Waals surface area contributed by atoms with Crippen LogP contribution in [0.4, 0.5) is 0 Å². The van der Waals surface area contributed by atoms with Crippen molar-refractivity contribution in [3.63, 3.8) is 0 Å². The number of allylic oxidation sites excluding steroid dienone is 1. The smallest absolute Gasteiger partial charge is 0.353 e. The van der Waals surface area contributed by atoms with Crippen LogP contribution in [0.15, 0.2) is 53.0 Å². The van der Waals surface area contributed by atoms with Gasteiger partial charge in [0.05, 0.1) is 18.2 Å². The third-order valence-corrected chi connectivity index (χ3v) is 5.89. The number of esters is 2. The quantitative estimate of drug-likeness (QED) is 0.301. The predicted molar refractivity (Wildman–Crippen MR) is 117 cm³/mol. The van der Waals surface area contributed by atoms with E-state index in [1.54, 1.807) is 54.6 Å². The van der Waals surface area contributed by atoms with Gasteiger partial charge in [-0.25, -0.2) is 9.59 Å². The number of benzene rings is 1. The minimum absolute atomic E-state index is 0.127. The van der Waals surface area contributed by atoms with Crippen molar-refractivity contribution in [3.8, 4) is 5.75 Å². The number of carbonyl (C=O) groups is 2. The molecule has 0 spiro atoms. The van der Waals surface area contributed by atoms with Crippen LogP contribution < -0.4 is 10.1 Å². The molecule has 7 nitrogen and oxygen atoms in total. The van der Waals surface area contributed by atoms with E-state index in [1.165, 1.54) is 18.4 Å². The Kier molecular flexibility index (Phi) is 7.20. The van der Waals surface area contributed by atoms with E-state index in [0.29, 0.717) is 39.2 Å². The first-order chi connectivity index (χ1) is 14.4. The Hall–Kier alpha value is -2.75. The summed E-state index contributed by atoms with van der Waals surface area (Å²) >= 11 is 6.72. The summed E-state index contributed by atoms with van der Waals surface area (Å²) in [5.74, 6) is -0.607. The lowest BCUT2D eigenvalue weighted by Crippen LogP contribution is -2.46. The van der Waals surface area contributed by atoms with E-state index in [0.717, 1.165) is 0 Å². The number of ether oxygens (including phenoxy) is 3. The molecule has 1 atom stereocenters. The lowest BCUT2D eigenvalue weighted by molar-refractivity contribution is -0.140. The maximum absolute atomic E-state index is 12.9. The number of para-hydroxylation sites is 1. The van der Waals surface area contributed by atoms with Crippen LogP contribution >= 0.6 is 23.6 Å². The first-order valence-corrected chi connectivity index (χ1v) is 10.5. The lowest BCUT2D eigenvalue weighted by Gasteiger charge is -2.35. The molecule has 0 radical (unpaired) electrons. The zero-order valence-electron chi connectivity index (χ0n) is 16.8. The number of nitrogens with zero attached hydrogens (tertiary/aromatic N) is 1. The third-order valence-electron chi connectivity index (χ3n) is 4.65. The lowest BCUT2D eigenvalue weighted by atomic mass is 9.94. The molecule has 2 aromatic rings. The Morgan fingerprint density at radius 2 is 1.93 bits per heavy atom. The zero-order valence-corrected chi connectivity index (χ0v) is 18.5. The average Bonchev–Trinajstić information content (AvgIpc) is 3.27. The van der Waals surface area contributed by atoms with Crippen molar-refractivity contribution in [2.24, 2.45) is 0 Å². The first kappa shape index (κ1) is 21.9. The fourth-order valence-electron chi connectivity index (χ4n) is 2.99. The molecule has 9 heteroatoms. The van der Waals surface area contributed by atoms with Crippen LogP contribution in [0.25, 0.3) is 0 Å². The van der Waals surface area contributed by atoms with Crippen molar-refractivity contribution in [2.45, 2.75) is 13.0 Å². The van der Waals surface area contributed by atoms with E-state index >= 15 is 0 Å². The molecular weight excluding hydrogens is 424 g/mol. The highest BCUT2D eigenvalue weighted by Gasteiger charge is 2.35. The molecule has 0 amide bonds. The van der Waals surface area contributed by atoms with Gasteiger partial charge in [0.15, 0.2) is 5.11 Å². The summed E-state index contributed by atoms with van der Waals surface area (Å²) in [7, 11) is 3.31. The molecule has 158 valence electrons. The van der Waals surface area contributed by atoms with Gasteiger partial charge in [0, 0.05) is 25.4 Å². The first-order valence-electron chi connectivity index (χ1n) is 9.19. The van der Waals surface area contributed by atoms with Crippen LogP contribution in [0, 0.1) is 0 Å². The summed E-state index contributed by atoms with van der Waals surface area (Å²) < 4.78 is 16.0. The van der Waals surface area contributed by atoms with Gasteiger partial charge < -0.3 is 24.4 Å². The number of methoxy groups -OCH3 is 1. The molecule has 1 N–H and O–H groups in total. The summed E-state index contributed by atoms with van der Waals surface area (Å²) in [5.41, 5.74) is 1.66. The second-order valence-corrected chi connectivity index (χ2v) is 7.81. The number of thiocarbonyl (C=S) groups is 1. The Morgan fingerprint density at radius 3 is 2.63 bits per heavy atom. The van der Waals surface area contributed by atoms with Gasteiger partial charge in [-0.1, -0.05) is 24.3 Å². The van der Waals surface area contributed by atoms with E-state index in [2.05, 4.69) is 5.32 Å². The zero-order chi connectivity index (χ0) is 21.7. The van der Waals surface area contributed by atoms with Crippen LogP contribution in [-0.2, 0) is 14.3 Å². The Bertz CT molecular complexity index is 972. The van der Waals surface area contributed by atoms with Crippen LogP contribution in [0.2, 0.25) is 0 Å². The molecule has 0 saturated heterocycles. The molecule has 1 aromatic heterocycles. The SMILES string of the molecule is COCCOC(=O)C1=C(C)N(C)C(=S)N[C@H]1c1ccccc1OC(=O)c1cccs1. The van der Waals surface area contributed by atoms with Gasteiger partial charge in [0.25, 0.3) is 0 Å². The number of rotatable bonds is 7. The van der Waals surface area contributed by atoms with Crippen molar-refractivity contribution in [2.75, 3.05) is 27.4 Å². The third kappa shape index (κ3) is 4.69. The van der Waals surface area contributed by atoms with Crippen LogP contribution in [0.5, 0.6) is 5.75 Å². The molecule has 3 rings (SSSR count). The van der Waals surface area contributed by atoms with E-state index in [9.17, 15) is 9.59 Å². The van der Waals surface area contributed by atoms with E-state index in [-0.39, 0.29) is 6.61 Å². The van der Waals surface area contributed by atoms with Crippen molar-refractivity contribution in [1.29, 1.82) is 0 Å². The predicted octanol–water partition coefficient (Wildman–Crippen LogP) is 3.29. The maximum Gasteiger partial charge on any atom is 0.353 e. The van der Waals surface area contributed by atoms with Gasteiger partial charge in [-0.3, -0.25) is 0 Å². The number of hydrogen-bond acceptors (Lipinski definition) is 7. The van der Waals surface area contributed by atoms with Crippen molar-refractivity contribution < 1.29 is 23.8 Å². The normalized spacial score (nSPS) is 16.3. The van der Waals surface area contributed by atoms with E-state index in [1.807, 2.05) is 6.07 Å². The van der Waals surface area contributed by atoms with Gasteiger partial charge in [-0.2, -0.15) is 0 Å². The van der Waals surface area contributed by atoms with Gasteiger partial charge >= 0.3 is 11.9 Å². The monoisotopic (exact) mass is 446 g/mol. The summed E-state index contributed by atoms with van der Waals surface area (Å²) in [4.78, 5) is 27.6. The highest BCUT2D eigenvalue weighted by Crippen LogP contribution is 2.36. The molecular formula is C21H22N2O5S2. The number of carbonyl (C=O) groups excluding carboxylic acids is 2. The largest absolute Gasteiger partial charge is 0.460 e.